The summed E-state index contributed by atoms with van der Waals surface area (Å²) < 4.78 is 0. The van der Waals surface area contributed by atoms with Crippen molar-refractivity contribution in [1.82, 2.24) is 10.6 Å². The molecule has 0 aliphatic rings. The Hall–Kier alpha value is -2.05. The summed E-state index contributed by atoms with van der Waals surface area (Å²) in [6.45, 7) is 2.09. The largest absolute Gasteiger partial charge is 0.370 e. The van der Waals surface area contributed by atoms with E-state index in [1.807, 2.05) is 0 Å². The van der Waals surface area contributed by atoms with Crippen molar-refractivity contribution in [2.75, 3.05) is 20.1 Å². The van der Waals surface area contributed by atoms with E-state index in [2.05, 4.69) is 15.6 Å². The van der Waals surface area contributed by atoms with Gasteiger partial charge in [0.05, 0.1) is 6.54 Å². The van der Waals surface area contributed by atoms with Gasteiger partial charge in [-0.3, -0.25) is 14.6 Å². The van der Waals surface area contributed by atoms with Crippen LogP contribution in [0.15, 0.2) is 16.6 Å². The van der Waals surface area contributed by atoms with Crippen LogP contribution in [0.1, 0.15) is 13.3 Å². The van der Waals surface area contributed by atoms with Gasteiger partial charge in [0.1, 0.15) is 0 Å². The third-order valence-electron chi connectivity index (χ3n) is 1.92. The number of hydrogen-bond acceptors (Lipinski definition) is 3. The Morgan fingerprint density at radius 1 is 1.29 bits per heavy atom. The van der Waals surface area contributed by atoms with E-state index in [1.165, 1.54) is 0 Å². The maximum absolute atomic E-state index is 11.4. The van der Waals surface area contributed by atoms with Gasteiger partial charge in [-0.25, -0.2) is 0 Å². The van der Waals surface area contributed by atoms with Crippen LogP contribution in [0.3, 0.4) is 0 Å². The lowest BCUT2D eigenvalue weighted by atomic mass is 10.2. The first-order valence-electron chi connectivity index (χ1n) is 5.16. The van der Waals surface area contributed by atoms with Crippen molar-refractivity contribution in [3.63, 3.8) is 0 Å². The first-order valence-corrected chi connectivity index (χ1v) is 5.16. The summed E-state index contributed by atoms with van der Waals surface area (Å²) in [5.41, 5.74) is 10.8. The molecule has 0 heterocycles. The van der Waals surface area contributed by atoms with Crippen LogP contribution in [0.2, 0.25) is 0 Å². The van der Waals surface area contributed by atoms with Gasteiger partial charge in [-0.1, -0.05) is 6.08 Å². The number of carbonyl (C=O) groups is 2. The third kappa shape index (κ3) is 7.83. The minimum absolute atomic E-state index is 0.155. The lowest BCUT2D eigenvalue weighted by Gasteiger charge is -2.04. The van der Waals surface area contributed by atoms with Crippen molar-refractivity contribution in [1.29, 1.82) is 0 Å². The highest BCUT2D eigenvalue weighted by molar-refractivity contribution is 5.95. The number of amides is 2. The maximum Gasteiger partial charge on any atom is 0.247 e. The molecule has 96 valence electrons. The predicted molar refractivity (Wildman–Crippen MR) is 66.1 cm³/mol. The van der Waals surface area contributed by atoms with Crippen molar-refractivity contribution in [2.24, 2.45) is 16.5 Å². The van der Waals surface area contributed by atoms with Crippen molar-refractivity contribution < 1.29 is 9.59 Å². The van der Waals surface area contributed by atoms with Crippen LogP contribution >= 0.6 is 0 Å². The first-order chi connectivity index (χ1) is 7.97. The van der Waals surface area contributed by atoms with Gasteiger partial charge in [0.15, 0.2) is 5.96 Å². The Labute approximate surface area is 100 Å². The van der Waals surface area contributed by atoms with Crippen LogP contribution in [-0.4, -0.2) is 37.9 Å². The highest BCUT2D eigenvalue weighted by Gasteiger charge is 2.04. The van der Waals surface area contributed by atoms with Crippen LogP contribution in [-0.2, 0) is 9.59 Å². The minimum atomic E-state index is -0.570. The Morgan fingerprint density at radius 3 is 2.47 bits per heavy atom. The quantitative estimate of drug-likeness (QED) is 0.195. The second kappa shape index (κ2) is 8.14. The predicted octanol–water partition coefficient (Wildman–Crippen LogP) is -1.54. The van der Waals surface area contributed by atoms with Crippen molar-refractivity contribution >= 4 is 17.8 Å². The zero-order chi connectivity index (χ0) is 13.3. The van der Waals surface area contributed by atoms with Gasteiger partial charge in [-0.15, -0.1) is 0 Å². The Balaban J connectivity index is 3.92. The molecule has 0 aromatic carbocycles. The van der Waals surface area contributed by atoms with Gasteiger partial charge in [0.25, 0.3) is 0 Å². The van der Waals surface area contributed by atoms with Crippen LogP contribution in [0, 0.1) is 0 Å². The average molecular weight is 241 g/mol. The normalized spacial score (nSPS) is 12.1. The summed E-state index contributed by atoms with van der Waals surface area (Å²) >= 11 is 0. The smallest absolute Gasteiger partial charge is 0.247 e. The number of primary amides is 1. The molecule has 0 saturated heterocycles. The van der Waals surface area contributed by atoms with Gasteiger partial charge >= 0.3 is 0 Å². The SMILES string of the molecule is CN=C(N)NCC/C=C(/C)C(=O)NCC(N)=O. The van der Waals surface area contributed by atoms with Crippen LogP contribution < -0.4 is 22.1 Å². The average Bonchev–Trinajstić information content (AvgIpc) is 2.30. The number of hydrogen-bond donors (Lipinski definition) is 4. The zero-order valence-electron chi connectivity index (χ0n) is 10.1. The molecule has 17 heavy (non-hydrogen) atoms. The number of guanidine groups is 1. The van der Waals surface area contributed by atoms with E-state index < -0.39 is 5.91 Å². The van der Waals surface area contributed by atoms with E-state index in [9.17, 15) is 9.59 Å². The molecule has 2 amide bonds. The standard InChI is InChI=1S/C10H19N5O2/c1-7(9(17)15-6-8(11)16)4-3-5-14-10(12)13-2/h4H,3,5-6H2,1-2H3,(H2,11,16)(H,15,17)(H3,12,13,14)/b7-4-. The van der Waals surface area contributed by atoms with Crippen LogP contribution in [0.5, 0.6) is 0 Å². The van der Waals surface area contributed by atoms with E-state index in [1.54, 1.807) is 20.0 Å². The molecule has 0 rings (SSSR count). The van der Waals surface area contributed by atoms with Gasteiger partial charge in [-0.05, 0) is 13.3 Å². The molecular weight excluding hydrogens is 222 g/mol. The van der Waals surface area contributed by atoms with Crippen molar-refractivity contribution in [2.45, 2.75) is 13.3 Å². The summed E-state index contributed by atoms with van der Waals surface area (Å²) in [5, 5.41) is 5.25. The van der Waals surface area contributed by atoms with E-state index in [0.717, 1.165) is 0 Å². The van der Waals surface area contributed by atoms with Gasteiger partial charge in [0, 0.05) is 19.2 Å². The maximum atomic E-state index is 11.4. The zero-order valence-corrected chi connectivity index (χ0v) is 10.1. The number of carbonyl (C=O) groups excluding carboxylic acids is 2. The Bertz CT molecular complexity index is 336. The molecular formula is C10H19N5O2. The summed E-state index contributed by atoms with van der Waals surface area (Å²) in [6, 6.07) is 0. The molecule has 7 heteroatoms. The molecule has 0 atom stereocenters. The minimum Gasteiger partial charge on any atom is -0.370 e. The number of nitrogens with zero attached hydrogens (tertiary/aromatic N) is 1. The molecule has 0 aromatic heterocycles. The lowest BCUT2D eigenvalue weighted by Crippen LogP contribution is -2.34. The summed E-state index contributed by atoms with van der Waals surface area (Å²) in [7, 11) is 1.58. The highest BCUT2D eigenvalue weighted by atomic mass is 16.2. The molecule has 6 N–H and O–H groups in total. The van der Waals surface area contributed by atoms with E-state index >= 15 is 0 Å². The van der Waals surface area contributed by atoms with Gasteiger partial charge in [0.2, 0.25) is 11.8 Å². The Kier molecular flexibility index (Phi) is 7.16. The van der Waals surface area contributed by atoms with Gasteiger partial charge < -0.3 is 22.1 Å². The molecule has 0 saturated carbocycles. The number of nitrogens with two attached hydrogens (primary N) is 2. The molecule has 0 aliphatic heterocycles. The summed E-state index contributed by atoms with van der Waals surface area (Å²) in [6.07, 6.45) is 2.37. The number of rotatable bonds is 6. The molecule has 0 unspecified atom stereocenters. The Morgan fingerprint density at radius 2 is 1.94 bits per heavy atom. The monoisotopic (exact) mass is 241 g/mol. The highest BCUT2D eigenvalue weighted by Crippen LogP contribution is 1.94. The molecule has 0 aromatic rings. The first kappa shape index (κ1) is 14.9. The summed E-state index contributed by atoms with van der Waals surface area (Å²) in [4.78, 5) is 25.5. The molecule has 0 radical (unpaired) electrons. The molecule has 7 nitrogen and oxygen atoms in total. The fraction of sp³-hybridized carbons (Fsp3) is 0.500. The second-order valence-electron chi connectivity index (χ2n) is 3.36. The fourth-order valence-electron chi connectivity index (χ4n) is 0.967. The molecule has 0 spiro atoms. The topological polar surface area (TPSA) is 123 Å². The van der Waals surface area contributed by atoms with E-state index in [-0.39, 0.29) is 12.5 Å². The molecule has 0 aliphatic carbocycles. The van der Waals surface area contributed by atoms with Crippen LogP contribution in [0.4, 0.5) is 0 Å². The lowest BCUT2D eigenvalue weighted by molar-refractivity contribution is -0.122. The van der Waals surface area contributed by atoms with Crippen molar-refractivity contribution in [3.8, 4) is 0 Å². The third-order valence-corrected chi connectivity index (χ3v) is 1.92. The van der Waals surface area contributed by atoms with Crippen LogP contribution in [0.25, 0.3) is 0 Å². The summed E-state index contributed by atoms with van der Waals surface area (Å²) in [5.74, 6) is -0.519. The van der Waals surface area contributed by atoms with E-state index in [0.29, 0.717) is 24.5 Å². The van der Waals surface area contributed by atoms with Gasteiger partial charge in [-0.2, -0.15) is 0 Å². The fourth-order valence-corrected chi connectivity index (χ4v) is 0.967. The second-order valence-corrected chi connectivity index (χ2v) is 3.36. The molecule has 0 fully saturated rings. The number of nitrogens with one attached hydrogen (secondary N) is 2. The van der Waals surface area contributed by atoms with E-state index in [4.69, 9.17) is 11.5 Å². The number of aliphatic imine (C=N–C) groups is 1. The van der Waals surface area contributed by atoms with Crippen molar-refractivity contribution in [3.05, 3.63) is 11.6 Å². The molecule has 0 bridgehead atoms.